The molecule has 0 aliphatic carbocycles. The first-order valence-corrected chi connectivity index (χ1v) is 5.84. The van der Waals surface area contributed by atoms with Crippen LogP contribution in [0, 0.1) is 5.92 Å². The first kappa shape index (κ1) is 11.4. The van der Waals surface area contributed by atoms with Crippen LogP contribution < -0.4 is 5.73 Å². The first-order chi connectivity index (χ1) is 7.52. The van der Waals surface area contributed by atoms with E-state index in [1.54, 1.807) is 0 Å². The quantitative estimate of drug-likeness (QED) is 0.626. The van der Waals surface area contributed by atoms with E-state index in [0.717, 1.165) is 19.3 Å². The van der Waals surface area contributed by atoms with Gasteiger partial charge in [-0.05, 0) is 33.2 Å². The first-order valence-electron chi connectivity index (χ1n) is 5.84. The van der Waals surface area contributed by atoms with Crippen molar-refractivity contribution < 1.29 is 9.59 Å². The van der Waals surface area contributed by atoms with Crippen LogP contribution in [0.4, 0.5) is 0 Å². The SMILES string of the molecule is CC1CCCC2N(C)CC(C(N)=O)C(=O)N12. The molecule has 16 heavy (non-hydrogen) atoms. The number of hydrogen-bond acceptors (Lipinski definition) is 3. The monoisotopic (exact) mass is 225 g/mol. The van der Waals surface area contributed by atoms with E-state index >= 15 is 0 Å². The van der Waals surface area contributed by atoms with Gasteiger partial charge in [0.05, 0.1) is 6.17 Å². The van der Waals surface area contributed by atoms with E-state index < -0.39 is 11.8 Å². The number of carbonyl (C=O) groups excluding carboxylic acids is 2. The Bertz CT molecular complexity index is 318. The van der Waals surface area contributed by atoms with E-state index in [2.05, 4.69) is 4.90 Å². The van der Waals surface area contributed by atoms with E-state index in [4.69, 9.17) is 5.73 Å². The number of carbonyl (C=O) groups is 2. The lowest BCUT2D eigenvalue weighted by Crippen LogP contribution is -2.64. The number of nitrogens with two attached hydrogens (primary N) is 1. The predicted molar refractivity (Wildman–Crippen MR) is 59.3 cm³/mol. The number of nitrogens with zero attached hydrogens (tertiary/aromatic N) is 2. The summed E-state index contributed by atoms with van der Waals surface area (Å²) < 4.78 is 0. The Morgan fingerprint density at radius 1 is 1.44 bits per heavy atom. The molecule has 0 aromatic carbocycles. The van der Waals surface area contributed by atoms with Gasteiger partial charge >= 0.3 is 0 Å². The number of piperidine rings is 1. The number of rotatable bonds is 1. The second-order valence-electron chi connectivity index (χ2n) is 4.90. The molecule has 2 saturated heterocycles. The summed E-state index contributed by atoms with van der Waals surface area (Å²) >= 11 is 0. The minimum absolute atomic E-state index is 0.0807. The van der Waals surface area contributed by atoms with Crippen molar-refractivity contribution in [3.05, 3.63) is 0 Å². The molecule has 0 radical (unpaired) electrons. The molecule has 2 heterocycles. The molecule has 0 saturated carbocycles. The number of fused-ring (bicyclic) bond motifs is 1. The van der Waals surface area contributed by atoms with Gasteiger partial charge in [0.25, 0.3) is 0 Å². The second kappa shape index (κ2) is 4.05. The van der Waals surface area contributed by atoms with Gasteiger partial charge in [0.15, 0.2) is 0 Å². The third-order valence-corrected chi connectivity index (χ3v) is 3.76. The van der Waals surface area contributed by atoms with Crippen LogP contribution in [0.25, 0.3) is 0 Å². The summed E-state index contributed by atoms with van der Waals surface area (Å²) in [5, 5.41) is 0. The predicted octanol–water partition coefficient (Wildman–Crippen LogP) is -0.240. The zero-order valence-electron chi connectivity index (χ0n) is 9.85. The largest absolute Gasteiger partial charge is 0.369 e. The molecule has 90 valence electrons. The van der Waals surface area contributed by atoms with Crippen molar-refractivity contribution in [2.24, 2.45) is 11.7 Å². The van der Waals surface area contributed by atoms with Crippen molar-refractivity contribution >= 4 is 11.8 Å². The van der Waals surface area contributed by atoms with Crippen molar-refractivity contribution in [3.63, 3.8) is 0 Å². The lowest BCUT2D eigenvalue weighted by molar-refractivity contribution is -0.160. The highest BCUT2D eigenvalue weighted by molar-refractivity contribution is 6.00. The maximum atomic E-state index is 12.2. The van der Waals surface area contributed by atoms with Gasteiger partial charge in [-0.15, -0.1) is 0 Å². The number of primary amides is 1. The Hall–Kier alpha value is -1.10. The number of amides is 2. The molecule has 0 aromatic rings. The van der Waals surface area contributed by atoms with Crippen LogP contribution in [0.3, 0.4) is 0 Å². The molecule has 0 bridgehead atoms. The fourth-order valence-corrected chi connectivity index (χ4v) is 2.84. The molecule has 3 unspecified atom stereocenters. The van der Waals surface area contributed by atoms with Gasteiger partial charge in [-0.3, -0.25) is 14.5 Å². The maximum absolute atomic E-state index is 12.2. The van der Waals surface area contributed by atoms with Crippen LogP contribution in [-0.4, -0.2) is 47.4 Å². The topological polar surface area (TPSA) is 66.6 Å². The molecule has 2 rings (SSSR count). The Morgan fingerprint density at radius 2 is 2.12 bits per heavy atom. The summed E-state index contributed by atoms with van der Waals surface area (Å²) in [5.41, 5.74) is 5.27. The fourth-order valence-electron chi connectivity index (χ4n) is 2.84. The smallest absolute Gasteiger partial charge is 0.237 e. The van der Waals surface area contributed by atoms with E-state index in [0.29, 0.717) is 6.54 Å². The molecule has 0 aromatic heterocycles. The Labute approximate surface area is 95.6 Å². The van der Waals surface area contributed by atoms with Crippen molar-refractivity contribution in [2.75, 3.05) is 13.6 Å². The molecular weight excluding hydrogens is 206 g/mol. The molecule has 2 N–H and O–H groups in total. The molecule has 5 heteroatoms. The van der Waals surface area contributed by atoms with Gasteiger partial charge in [0.1, 0.15) is 5.92 Å². The summed E-state index contributed by atoms with van der Waals surface area (Å²) in [5.74, 6) is -1.25. The highest BCUT2D eigenvalue weighted by Crippen LogP contribution is 2.30. The average Bonchev–Trinajstić information content (AvgIpc) is 2.22. The fraction of sp³-hybridized carbons (Fsp3) is 0.818. The van der Waals surface area contributed by atoms with Crippen LogP contribution in [0.2, 0.25) is 0 Å². The van der Waals surface area contributed by atoms with Gasteiger partial charge in [-0.1, -0.05) is 0 Å². The molecule has 2 amide bonds. The van der Waals surface area contributed by atoms with Crippen LogP contribution in [-0.2, 0) is 9.59 Å². The summed E-state index contributed by atoms with van der Waals surface area (Å²) in [6, 6.07) is 0.218. The number of hydrogen-bond donors (Lipinski definition) is 1. The molecule has 0 spiro atoms. The third kappa shape index (κ3) is 1.69. The van der Waals surface area contributed by atoms with Crippen LogP contribution in [0.1, 0.15) is 26.2 Å². The van der Waals surface area contributed by atoms with Crippen molar-refractivity contribution in [2.45, 2.75) is 38.4 Å². The van der Waals surface area contributed by atoms with Crippen molar-refractivity contribution in [1.29, 1.82) is 0 Å². The summed E-state index contributed by atoms with van der Waals surface area (Å²) in [6.07, 6.45) is 3.31. The van der Waals surface area contributed by atoms with Crippen LogP contribution >= 0.6 is 0 Å². The van der Waals surface area contributed by atoms with Gasteiger partial charge < -0.3 is 10.6 Å². The van der Waals surface area contributed by atoms with Gasteiger partial charge in [-0.25, -0.2) is 0 Å². The maximum Gasteiger partial charge on any atom is 0.237 e. The highest BCUT2D eigenvalue weighted by Gasteiger charge is 2.44. The zero-order chi connectivity index (χ0) is 11.9. The molecular formula is C11H19N3O2. The summed E-state index contributed by atoms with van der Waals surface area (Å²) in [6.45, 7) is 2.50. The Morgan fingerprint density at radius 3 is 2.75 bits per heavy atom. The van der Waals surface area contributed by atoms with Gasteiger partial charge in [0.2, 0.25) is 11.8 Å². The minimum Gasteiger partial charge on any atom is -0.369 e. The van der Waals surface area contributed by atoms with Crippen LogP contribution in [0.15, 0.2) is 0 Å². The zero-order valence-corrected chi connectivity index (χ0v) is 9.85. The second-order valence-corrected chi connectivity index (χ2v) is 4.90. The normalized spacial score (nSPS) is 36.0. The molecule has 2 fully saturated rings. The van der Waals surface area contributed by atoms with E-state index in [-0.39, 0.29) is 18.1 Å². The van der Waals surface area contributed by atoms with Gasteiger partial charge in [0, 0.05) is 12.6 Å². The molecule has 2 aliphatic heterocycles. The van der Waals surface area contributed by atoms with E-state index in [1.807, 2.05) is 18.9 Å². The van der Waals surface area contributed by atoms with Crippen molar-refractivity contribution in [1.82, 2.24) is 9.80 Å². The third-order valence-electron chi connectivity index (χ3n) is 3.76. The van der Waals surface area contributed by atoms with Crippen molar-refractivity contribution in [3.8, 4) is 0 Å². The molecule has 2 aliphatic rings. The Balaban J connectivity index is 2.25. The highest BCUT2D eigenvalue weighted by atomic mass is 16.2. The van der Waals surface area contributed by atoms with Gasteiger partial charge in [-0.2, -0.15) is 0 Å². The standard InChI is InChI=1S/C11H19N3O2/c1-7-4-3-5-9-13(2)6-8(10(12)15)11(16)14(7)9/h7-9H,3-6H2,1-2H3,(H2,12,15). The minimum atomic E-state index is -0.665. The van der Waals surface area contributed by atoms with Crippen LogP contribution in [0.5, 0.6) is 0 Å². The molecule has 3 atom stereocenters. The van der Waals surface area contributed by atoms with E-state index in [1.165, 1.54) is 0 Å². The lowest BCUT2D eigenvalue weighted by Gasteiger charge is -2.49. The summed E-state index contributed by atoms with van der Waals surface area (Å²) in [4.78, 5) is 27.3. The average molecular weight is 225 g/mol. The molecule has 5 nitrogen and oxygen atoms in total. The lowest BCUT2D eigenvalue weighted by atomic mass is 9.93. The summed E-state index contributed by atoms with van der Waals surface area (Å²) in [7, 11) is 1.96. The Kier molecular flexibility index (Phi) is 2.88. The van der Waals surface area contributed by atoms with E-state index in [9.17, 15) is 9.59 Å².